The van der Waals surface area contributed by atoms with Crippen molar-refractivity contribution in [2.45, 2.75) is 13.0 Å². The molecule has 0 radical (unpaired) electrons. The molecule has 0 saturated carbocycles. The number of carbonyl (C=O) groups excluding carboxylic acids is 2. The number of aliphatic hydroxyl groups excluding tert-OH is 1. The number of benzene rings is 2. The molecule has 0 bridgehead atoms. The lowest BCUT2D eigenvalue weighted by Crippen LogP contribution is -2.30. The number of aryl methyl sites for hydroxylation is 1. The van der Waals surface area contributed by atoms with E-state index >= 15 is 0 Å². The summed E-state index contributed by atoms with van der Waals surface area (Å²) in [4.78, 5) is 27.3. The van der Waals surface area contributed by atoms with Gasteiger partial charge in [0.25, 0.3) is 5.91 Å². The molecule has 6 nitrogen and oxygen atoms in total. The molecule has 31 heavy (non-hydrogen) atoms. The van der Waals surface area contributed by atoms with Crippen molar-refractivity contribution in [3.8, 4) is 0 Å². The molecular formula is C22H15Cl2N3O3S. The van der Waals surface area contributed by atoms with Crippen molar-refractivity contribution < 1.29 is 14.7 Å². The smallest absolute Gasteiger partial charge is 0.296 e. The van der Waals surface area contributed by atoms with Gasteiger partial charge in [-0.2, -0.15) is 0 Å². The van der Waals surface area contributed by atoms with E-state index in [0.29, 0.717) is 15.6 Å². The molecular weight excluding hydrogens is 457 g/mol. The lowest BCUT2D eigenvalue weighted by molar-refractivity contribution is -0.117. The molecule has 1 atom stereocenters. The van der Waals surface area contributed by atoms with E-state index in [2.05, 4.69) is 10.2 Å². The summed E-state index contributed by atoms with van der Waals surface area (Å²) in [6.45, 7) is 1.75. The van der Waals surface area contributed by atoms with Crippen LogP contribution in [0.4, 0.5) is 5.13 Å². The summed E-state index contributed by atoms with van der Waals surface area (Å²) in [5.74, 6) is -1.87. The van der Waals surface area contributed by atoms with Gasteiger partial charge in [-0.3, -0.25) is 14.5 Å². The molecule has 1 aliphatic heterocycles. The molecule has 9 heteroatoms. The van der Waals surface area contributed by atoms with Gasteiger partial charge in [0.05, 0.1) is 21.7 Å². The van der Waals surface area contributed by atoms with E-state index in [0.717, 1.165) is 5.56 Å². The van der Waals surface area contributed by atoms with E-state index in [1.165, 1.54) is 22.3 Å². The van der Waals surface area contributed by atoms with Crippen molar-refractivity contribution in [1.29, 1.82) is 0 Å². The molecule has 2 aromatic carbocycles. The van der Waals surface area contributed by atoms with E-state index < -0.39 is 23.5 Å². The van der Waals surface area contributed by atoms with E-state index in [4.69, 9.17) is 23.2 Å². The number of amides is 1. The monoisotopic (exact) mass is 471 g/mol. The Kier molecular flexibility index (Phi) is 5.91. The second-order valence-electron chi connectivity index (χ2n) is 6.73. The Balaban J connectivity index is 1.80. The predicted octanol–water partition coefficient (Wildman–Crippen LogP) is 5.34. The Hall–Kier alpha value is -3.00. The molecule has 0 fully saturated rings. The van der Waals surface area contributed by atoms with Crippen molar-refractivity contribution in [1.82, 2.24) is 10.2 Å². The Morgan fingerprint density at radius 1 is 1.13 bits per heavy atom. The third-order valence-corrected chi connectivity index (χ3v) is 6.26. The van der Waals surface area contributed by atoms with Gasteiger partial charge in [-0.15, -0.1) is 10.2 Å². The molecule has 3 aromatic rings. The van der Waals surface area contributed by atoms with Crippen molar-refractivity contribution in [2.75, 3.05) is 4.90 Å². The summed E-state index contributed by atoms with van der Waals surface area (Å²) < 4.78 is 0. The number of ketones is 1. The van der Waals surface area contributed by atoms with Crippen molar-refractivity contribution >= 4 is 57.4 Å². The number of hydrogen-bond acceptors (Lipinski definition) is 6. The molecule has 4 rings (SSSR count). The molecule has 0 saturated heterocycles. The Morgan fingerprint density at radius 2 is 1.87 bits per heavy atom. The number of hydrogen-bond donors (Lipinski definition) is 1. The van der Waals surface area contributed by atoms with Crippen LogP contribution < -0.4 is 4.90 Å². The van der Waals surface area contributed by atoms with Crippen LogP contribution >= 0.6 is 34.5 Å². The predicted molar refractivity (Wildman–Crippen MR) is 121 cm³/mol. The average molecular weight is 472 g/mol. The van der Waals surface area contributed by atoms with Crippen LogP contribution in [0, 0.1) is 6.92 Å². The molecule has 0 spiro atoms. The van der Waals surface area contributed by atoms with E-state index in [9.17, 15) is 14.7 Å². The zero-order chi connectivity index (χ0) is 22.1. The van der Waals surface area contributed by atoms with E-state index in [1.807, 2.05) is 30.3 Å². The van der Waals surface area contributed by atoms with Crippen LogP contribution in [0.2, 0.25) is 10.0 Å². The van der Waals surface area contributed by atoms with E-state index in [1.54, 1.807) is 31.2 Å². The number of rotatable bonds is 5. The molecule has 0 aliphatic carbocycles. The number of nitrogens with zero attached hydrogens (tertiary/aromatic N) is 3. The lowest BCUT2D eigenvalue weighted by atomic mass is 9.96. The third-order valence-electron chi connectivity index (χ3n) is 4.68. The molecule has 1 aromatic heterocycles. The Labute approximate surface area is 192 Å². The van der Waals surface area contributed by atoms with E-state index in [-0.39, 0.29) is 15.7 Å². The number of carbonyl (C=O) groups is 2. The van der Waals surface area contributed by atoms with Gasteiger partial charge in [0, 0.05) is 0 Å². The standard InChI is InChI=1S/C22H15Cl2N3O3S/c1-12-25-26-22(31-12)27-19(14-8-9-15(23)16(24)11-14)18(20(29)21(27)30)17(28)10-7-13-5-3-2-4-6-13/h2-11,19,29H,1H3/b10-7+. The van der Waals surface area contributed by atoms with Crippen LogP contribution in [0.1, 0.15) is 22.2 Å². The van der Waals surface area contributed by atoms with Gasteiger partial charge >= 0.3 is 0 Å². The number of aliphatic hydroxyl groups is 1. The normalized spacial score (nSPS) is 16.5. The Morgan fingerprint density at radius 3 is 2.52 bits per heavy atom. The molecule has 2 heterocycles. The van der Waals surface area contributed by atoms with Crippen LogP contribution in [0.3, 0.4) is 0 Å². The van der Waals surface area contributed by atoms with Gasteiger partial charge in [0.2, 0.25) is 5.13 Å². The maximum absolute atomic E-state index is 13.1. The first kappa shape index (κ1) is 21.2. The minimum atomic E-state index is -0.928. The fraction of sp³-hybridized carbons (Fsp3) is 0.0909. The molecule has 1 unspecified atom stereocenters. The quantitative estimate of drug-likeness (QED) is 0.507. The summed E-state index contributed by atoms with van der Waals surface area (Å²) in [5, 5.41) is 20.1. The SMILES string of the molecule is Cc1nnc(N2C(=O)C(O)=C(C(=O)/C=C/c3ccccc3)C2c2ccc(Cl)c(Cl)c2)s1. The van der Waals surface area contributed by atoms with Gasteiger partial charge in [0.15, 0.2) is 11.5 Å². The highest BCUT2D eigenvalue weighted by molar-refractivity contribution is 7.15. The number of allylic oxidation sites excluding steroid dienone is 1. The zero-order valence-corrected chi connectivity index (χ0v) is 18.4. The summed E-state index contributed by atoms with van der Waals surface area (Å²) in [6.07, 6.45) is 2.95. The van der Waals surface area contributed by atoms with Crippen LogP contribution in [0.15, 0.2) is 65.9 Å². The molecule has 1 N–H and O–H groups in total. The summed E-state index contributed by atoms with van der Waals surface area (Å²) in [6, 6.07) is 13.1. The molecule has 156 valence electrons. The first-order valence-electron chi connectivity index (χ1n) is 9.16. The first-order chi connectivity index (χ1) is 14.9. The highest BCUT2D eigenvalue weighted by Crippen LogP contribution is 2.43. The van der Waals surface area contributed by atoms with Gasteiger partial charge < -0.3 is 5.11 Å². The van der Waals surface area contributed by atoms with Crippen LogP contribution in [-0.2, 0) is 9.59 Å². The average Bonchev–Trinajstić information content (AvgIpc) is 3.30. The largest absolute Gasteiger partial charge is 0.503 e. The minimum absolute atomic E-state index is 0.0663. The van der Waals surface area contributed by atoms with Crippen molar-refractivity contribution in [2.24, 2.45) is 0 Å². The molecule has 1 amide bonds. The van der Waals surface area contributed by atoms with Crippen LogP contribution in [0.25, 0.3) is 6.08 Å². The fourth-order valence-electron chi connectivity index (χ4n) is 3.26. The summed E-state index contributed by atoms with van der Waals surface area (Å²) in [5.41, 5.74) is 1.25. The highest BCUT2D eigenvalue weighted by Gasteiger charge is 2.45. The number of anilines is 1. The maximum atomic E-state index is 13.1. The van der Waals surface area contributed by atoms with Crippen molar-refractivity contribution in [3.63, 3.8) is 0 Å². The maximum Gasteiger partial charge on any atom is 0.296 e. The van der Waals surface area contributed by atoms with Crippen LogP contribution in [-0.4, -0.2) is 27.0 Å². The third kappa shape index (κ3) is 4.12. The minimum Gasteiger partial charge on any atom is -0.503 e. The zero-order valence-electron chi connectivity index (χ0n) is 16.1. The highest BCUT2D eigenvalue weighted by atomic mass is 35.5. The number of aromatic nitrogens is 2. The summed E-state index contributed by atoms with van der Waals surface area (Å²) in [7, 11) is 0. The van der Waals surface area contributed by atoms with Gasteiger partial charge in [-0.1, -0.05) is 77.0 Å². The topological polar surface area (TPSA) is 83.4 Å². The first-order valence-corrected chi connectivity index (χ1v) is 10.7. The van der Waals surface area contributed by atoms with Gasteiger partial charge in [0.1, 0.15) is 5.01 Å². The van der Waals surface area contributed by atoms with Gasteiger partial charge in [-0.05, 0) is 36.3 Å². The second kappa shape index (κ2) is 8.63. The lowest BCUT2D eigenvalue weighted by Gasteiger charge is -2.24. The second-order valence-corrected chi connectivity index (χ2v) is 8.70. The van der Waals surface area contributed by atoms with Gasteiger partial charge in [-0.25, -0.2) is 0 Å². The number of halogens is 2. The van der Waals surface area contributed by atoms with Crippen molar-refractivity contribution in [3.05, 3.63) is 92.1 Å². The fourth-order valence-corrected chi connectivity index (χ4v) is 4.28. The Bertz CT molecular complexity index is 1240. The van der Waals surface area contributed by atoms with Crippen LogP contribution in [0.5, 0.6) is 0 Å². The summed E-state index contributed by atoms with van der Waals surface area (Å²) >= 11 is 13.4. The molecule has 1 aliphatic rings.